The van der Waals surface area contributed by atoms with Crippen molar-refractivity contribution in [3.8, 4) is 0 Å². The second-order valence-corrected chi connectivity index (χ2v) is 9.78. The number of nitrogens with two attached hydrogens (primary N) is 1. The van der Waals surface area contributed by atoms with Crippen molar-refractivity contribution < 1.29 is 23.6 Å². The Balaban J connectivity index is 1.56. The highest BCUT2D eigenvalue weighted by molar-refractivity contribution is 7.46. The first-order valence-corrected chi connectivity index (χ1v) is 12.0. The molecule has 2 aliphatic rings. The zero-order valence-corrected chi connectivity index (χ0v) is 17.7. The molecule has 0 amide bonds. The smallest absolute Gasteiger partial charge is 0.378 e. The van der Waals surface area contributed by atoms with Crippen molar-refractivity contribution in [3.05, 3.63) is 34.9 Å². The molecule has 3 atom stereocenters. The lowest BCUT2D eigenvalue weighted by atomic mass is 9.85. The van der Waals surface area contributed by atoms with Gasteiger partial charge in [0.1, 0.15) is 0 Å². The van der Waals surface area contributed by atoms with Crippen LogP contribution in [0.3, 0.4) is 0 Å². The first-order valence-electron chi connectivity index (χ1n) is 10.5. The molecule has 1 aromatic carbocycles. The molecule has 1 aromatic rings. The van der Waals surface area contributed by atoms with E-state index in [-0.39, 0.29) is 6.61 Å². The number of hydrogen-bond donors (Lipinski definition) is 3. The molecule has 1 fully saturated rings. The SMILES string of the molecule is CCCCCO[C@H]1CCc2cc([C@@H]3CC[C@](N)(COP(=O)(O)O)C3)ccc2C1. The maximum Gasteiger partial charge on any atom is 0.469 e. The van der Waals surface area contributed by atoms with Gasteiger partial charge in [0, 0.05) is 12.1 Å². The van der Waals surface area contributed by atoms with Crippen LogP contribution in [0.5, 0.6) is 0 Å². The van der Waals surface area contributed by atoms with Crippen LogP contribution in [0.25, 0.3) is 0 Å². The lowest BCUT2D eigenvalue weighted by Gasteiger charge is -2.27. The summed E-state index contributed by atoms with van der Waals surface area (Å²) in [5.74, 6) is 0.318. The number of phosphoric acid groups is 1. The molecule has 1 saturated carbocycles. The highest BCUT2D eigenvalue weighted by atomic mass is 31.2. The molecular formula is C21H34NO5P. The third-order valence-electron chi connectivity index (χ3n) is 6.15. The van der Waals surface area contributed by atoms with E-state index in [0.717, 1.165) is 38.7 Å². The van der Waals surface area contributed by atoms with Crippen LogP contribution in [-0.2, 0) is 26.7 Å². The Morgan fingerprint density at radius 3 is 2.82 bits per heavy atom. The van der Waals surface area contributed by atoms with Gasteiger partial charge in [0.05, 0.1) is 12.7 Å². The van der Waals surface area contributed by atoms with Crippen molar-refractivity contribution in [1.82, 2.24) is 0 Å². The Morgan fingerprint density at radius 2 is 2.07 bits per heavy atom. The lowest BCUT2D eigenvalue weighted by Crippen LogP contribution is -2.41. The minimum absolute atomic E-state index is 0.101. The van der Waals surface area contributed by atoms with Gasteiger partial charge in [-0.25, -0.2) is 4.57 Å². The van der Waals surface area contributed by atoms with Crippen molar-refractivity contribution in [3.63, 3.8) is 0 Å². The van der Waals surface area contributed by atoms with Gasteiger partial charge in [-0.2, -0.15) is 0 Å². The largest absolute Gasteiger partial charge is 0.469 e. The molecule has 0 aromatic heterocycles. The van der Waals surface area contributed by atoms with Gasteiger partial charge < -0.3 is 20.3 Å². The Bertz CT molecular complexity index is 706. The molecule has 0 aliphatic heterocycles. The average Bonchev–Trinajstić information content (AvgIpc) is 3.05. The van der Waals surface area contributed by atoms with E-state index in [1.54, 1.807) is 0 Å². The molecule has 4 N–H and O–H groups in total. The highest BCUT2D eigenvalue weighted by Crippen LogP contribution is 2.44. The minimum atomic E-state index is -4.48. The maximum absolute atomic E-state index is 11.0. The zero-order valence-electron chi connectivity index (χ0n) is 16.8. The van der Waals surface area contributed by atoms with Crippen molar-refractivity contribution in [1.29, 1.82) is 0 Å². The van der Waals surface area contributed by atoms with E-state index in [1.165, 1.54) is 29.5 Å². The van der Waals surface area contributed by atoms with Crippen LogP contribution < -0.4 is 5.73 Å². The van der Waals surface area contributed by atoms with E-state index in [1.807, 2.05) is 0 Å². The molecule has 0 heterocycles. The van der Waals surface area contributed by atoms with Gasteiger partial charge in [0.25, 0.3) is 0 Å². The molecule has 2 aliphatic carbocycles. The summed E-state index contributed by atoms with van der Waals surface area (Å²) >= 11 is 0. The number of phosphoric ester groups is 1. The van der Waals surface area contributed by atoms with Crippen molar-refractivity contribution >= 4 is 7.82 Å². The molecule has 7 heteroatoms. The van der Waals surface area contributed by atoms with Crippen molar-refractivity contribution in [2.45, 2.75) is 82.3 Å². The van der Waals surface area contributed by atoms with Gasteiger partial charge in [-0.15, -0.1) is 0 Å². The molecule has 0 bridgehead atoms. The monoisotopic (exact) mass is 411 g/mol. The number of unbranched alkanes of at least 4 members (excludes halogenated alkanes) is 2. The number of fused-ring (bicyclic) bond motifs is 1. The fourth-order valence-electron chi connectivity index (χ4n) is 4.52. The molecule has 28 heavy (non-hydrogen) atoms. The first kappa shape index (κ1) is 21.9. The normalized spacial score (nSPS) is 27.7. The quantitative estimate of drug-likeness (QED) is 0.422. The third kappa shape index (κ3) is 6.12. The topological polar surface area (TPSA) is 102 Å². The molecule has 0 radical (unpaired) electrons. The average molecular weight is 411 g/mol. The summed E-state index contributed by atoms with van der Waals surface area (Å²) in [5.41, 5.74) is 9.74. The summed E-state index contributed by atoms with van der Waals surface area (Å²) in [6.07, 6.45) is 9.36. The van der Waals surface area contributed by atoms with Crippen LogP contribution in [0.2, 0.25) is 0 Å². The number of benzene rings is 1. The van der Waals surface area contributed by atoms with Crippen molar-refractivity contribution in [2.75, 3.05) is 13.2 Å². The number of rotatable bonds is 9. The van der Waals surface area contributed by atoms with Gasteiger partial charge in [0.2, 0.25) is 0 Å². The van der Waals surface area contributed by atoms with Crippen LogP contribution in [0.15, 0.2) is 18.2 Å². The van der Waals surface area contributed by atoms with Gasteiger partial charge in [-0.3, -0.25) is 4.52 Å². The number of ether oxygens (including phenoxy) is 1. The van der Waals surface area contributed by atoms with Crippen LogP contribution >= 0.6 is 7.82 Å². The molecule has 0 spiro atoms. The van der Waals surface area contributed by atoms with Crippen LogP contribution in [0, 0.1) is 0 Å². The van der Waals surface area contributed by atoms with E-state index in [2.05, 4.69) is 29.6 Å². The summed E-state index contributed by atoms with van der Waals surface area (Å²) in [4.78, 5) is 17.9. The maximum atomic E-state index is 11.0. The van der Waals surface area contributed by atoms with E-state index >= 15 is 0 Å². The second kappa shape index (κ2) is 9.38. The molecule has 158 valence electrons. The Hall–Kier alpha value is -0.750. The predicted octanol–water partition coefficient (Wildman–Crippen LogP) is 3.83. The number of aryl methyl sites for hydroxylation is 1. The van der Waals surface area contributed by atoms with Gasteiger partial charge in [0.15, 0.2) is 0 Å². The zero-order chi connectivity index (χ0) is 20.2. The summed E-state index contributed by atoms with van der Waals surface area (Å²) in [6.45, 7) is 2.97. The molecule has 0 saturated heterocycles. The van der Waals surface area contributed by atoms with Crippen LogP contribution in [-0.4, -0.2) is 34.6 Å². The van der Waals surface area contributed by atoms with E-state index in [9.17, 15) is 4.57 Å². The molecular weight excluding hydrogens is 377 g/mol. The van der Waals surface area contributed by atoms with E-state index in [0.29, 0.717) is 24.9 Å². The van der Waals surface area contributed by atoms with Crippen LogP contribution in [0.1, 0.15) is 74.5 Å². The minimum Gasteiger partial charge on any atom is -0.378 e. The Kier molecular flexibility index (Phi) is 7.35. The van der Waals surface area contributed by atoms with Crippen molar-refractivity contribution in [2.24, 2.45) is 5.73 Å². The third-order valence-corrected chi connectivity index (χ3v) is 6.62. The fraction of sp³-hybridized carbons (Fsp3) is 0.714. The van der Waals surface area contributed by atoms with Gasteiger partial charge in [-0.05, 0) is 67.6 Å². The molecule has 6 nitrogen and oxygen atoms in total. The highest BCUT2D eigenvalue weighted by Gasteiger charge is 2.38. The van der Waals surface area contributed by atoms with E-state index in [4.69, 9.17) is 20.3 Å². The summed E-state index contributed by atoms with van der Waals surface area (Å²) in [7, 11) is -4.48. The summed E-state index contributed by atoms with van der Waals surface area (Å²) in [6, 6.07) is 6.73. The van der Waals surface area contributed by atoms with Gasteiger partial charge >= 0.3 is 7.82 Å². The summed E-state index contributed by atoms with van der Waals surface area (Å²) in [5, 5.41) is 0. The Morgan fingerprint density at radius 1 is 1.25 bits per heavy atom. The van der Waals surface area contributed by atoms with Crippen LogP contribution in [0.4, 0.5) is 0 Å². The Labute approximate surface area is 168 Å². The molecule has 0 unspecified atom stereocenters. The standard InChI is InChI=1S/C21H34NO5P/c1-2-3-4-11-26-20-8-7-16-12-17(5-6-18(16)13-20)19-9-10-21(22,14-19)15-27-28(23,24)25/h5-6,12,19-20H,2-4,7-11,13-15,22H2,1H3,(H2,23,24,25)/t19-,20+,21-/m1/s1. The predicted molar refractivity (Wildman–Crippen MR) is 109 cm³/mol. The first-order chi connectivity index (χ1) is 13.3. The van der Waals surface area contributed by atoms with E-state index < -0.39 is 13.4 Å². The fourth-order valence-corrected chi connectivity index (χ4v) is 4.95. The summed E-state index contributed by atoms with van der Waals surface area (Å²) < 4.78 is 21.7. The lowest BCUT2D eigenvalue weighted by molar-refractivity contribution is 0.0419. The second-order valence-electron chi connectivity index (χ2n) is 8.54. The molecule has 3 rings (SSSR count). The van der Waals surface area contributed by atoms with Gasteiger partial charge in [-0.1, -0.05) is 38.0 Å². The number of hydrogen-bond acceptors (Lipinski definition) is 4.